The van der Waals surface area contributed by atoms with Crippen LogP contribution in [0.15, 0.2) is 6.20 Å². The molecule has 5 nitrogen and oxygen atoms in total. The summed E-state index contributed by atoms with van der Waals surface area (Å²) >= 11 is 0. The van der Waals surface area contributed by atoms with Crippen LogP contribution >= 0.6 is 0 Å². The molecular formula is C6H6F3N3O2. The van der Waals surface area contributed by atoms with E-state index in [2.05, 4.69) is 9.72 Å². The second-order valence-electron chi connectivity index (χ2n) is 2.32. The zero-order valence-corrected chi connectivity index (χ0v) is 6.67. The molecule has 1 rings (SSSR count). The number of rotatable bonds is 1. The van der Waals surface area contributed by atoms with Gasteiger partial charge in [-0.15, -0.1) is 13.2 Å². The molecule has 0 saturated carbocycles. The summed E-state index contributed by atoms with van der Waals surface area (Å²) < 4.78 is 38.7. The van der Waals surface area contributed by atoms with Crippen LogP contribution in [0, 0.1) is 0 Å². The van der Waals surface area contributed by atoms with E-state index in [1.54, 1.807) is 0 Å². The Morgan fingerprint density at radius 1 is 1.36 bits per heavy atom. The van der Waals surface area contributed by atoms with Crippen molar-refractivity contribution in [3.05, 3.63) is 6.20 Å². The first-order chi connectivity index (χ1) is 6.31. The number of anilines is 2. The van der Waals surface area contributed by atoms with Gasteiger partial charge in [0.25, 0.3) is 0 Å². The number of nitrogens with zero attached hydrogens (tertiary/aromatic N) is 1. The van der Waals surface area contributed by atoms with Gasteiger partial charge in [0, 0.05) is 0 Å². The Balaban J connectivity index is 3.06. The quantitative estimate of drug-likeness (QED) is 0.637. The Hall–Kier alpha value is -1.86. The van der Waals surface area contributed by atoms with Crippen LogP contribution in [0.4, 0.5) is 24.7 Å². The first-order valence-corrected chi connectivity index (χ1v) is 3.30. The van der Waals surface area contributed by atoms with Crippen LogP contribution in [0.1, 0.15) is 0 Å². The molecule has 0 fully saturated rings. The maximum atomic E-state index is 11.7. The number of hydrogen-bond acceptors (Lipinski definition) is 5. The molecule has 0 saturated heterocycles. The number of hydrogen-bond donors (Lipinski definition) is 3. The Morgan fingerprint density at radius 2 is 1.93 bits per heavy atom. The highest BCUT2D eigenvalue weighted by atomic mass is 19.4. The third kappa shape index (κ3) is 2.09. The van der Waals surface area contributed by atoms with Gasteiger partial charge in [-0.1, -0.05) is 0 Å². The lowest BCUT2D eigenvalue weighted by atomic mass is 10.3. The van der Waals surface area contributed by atoms with Gasteiger partial charge in [0.05, 0.1) is 6.20 Å². The second-order valence-corrected chi connectivity index (χ2v) is 2.32. The maximum Gasteiger partial charge on any atom is 0.573 e. The normalized spacial score (nSPS) is 11.4. The summed E-state index contributed by atoms with van der Waals surface area (Å²) in [5.41, 5.74) is 9.57. The molecule has 0 amide bonds. The number of aromatic nitrogens is 1. The van der Waals surface area contributed by atoms with E-state index < -0.39 is 23.5 Å². The molecule has 1 aromatic heterocycles. The van der Waals surface area contributed by atoms with Crippen molar-refractivity contribution >= 4 is 11.5 Å². The zero-order valence-electron chi connectivity index (χ0n) is 6.67. The number of alkyl halides is 3. The van der Waals surface area contributed by atoms with Crippen molar-refractivity contribution in [2.45, 2.75) is 6.36 Å². The summed E-state index contributed by atoms with van der Waals surface area (Å²) in [5, 5.41) is 9.02. The van der Waals surface area contributed by atoms with E-state index in [-0.39, 0.29) is 5.82 Å². The van der Waals surface area contributed by atoms with Crippen molar-refractivity contribution in [1.29, 1.82) is 0 Å². The highest BCUT2D eigenvalue weighted by Crippen LogP contribution is 2.36. The van der Waals surface area contributed by atoms with Gasteiger partial charge in [0.2, 0.25) is 0 Å². The third-order valence-corrected chi connectivity index (χ3v) is 1.31. The van der Waals surface area contributed by atoms with Crippen LogP contribution in [0.25, 0.3) is 0 Å². The molecule has 8 heteroatoms. The zero-order chi connectivity index (χ0) is 10.9. The molecule has 0 unspecified atom stereocenters. The van der Waals surface area contributed by atoms with Gasteiger partial charge < -0.3 is 21.3 Å². The molecule has 0 aromatic carbocycles. The van der Waals surface area contributed by atoms with Crippen molar-refractivity contribution < 1.29 is 23.0 Å². The van der Waals surface area contributed by atoms with E-state index in [1.807, 2.05) is 0 Å². The molecule has 1 heterocycles. The number of nitrogens with two attached hydrogens (primary N) is 2. The number of halogens is 3. The van der Waals surface area contributed by atoms with Crippen LogP contribution in [0.3, 0.4) is 0 Å². The third-order valence-electron chi connectivity index (χ3n) is 1.31. The Morgan fingerprint density at radius 3 is 2.43 bits per heavy atom. The highest BCUT2D eigenvalue weighted by Gasteiger charge is 2.32. The fourth-order valence-corrected chi connectivity index (χ4v) is 0.720. The van der Waals surface area contributed by atoms with Crippen LogP contribution in [-0.2, 0) is 0 Å². The lowest BCUT2D eigenvalue weighted by molar-refractivity contribution is -0.274. The molecule has 78 valence electrons. The molecule has 1 aromatic rings. The molecule has 0 radical (unpaired) electrons. The summed E-state index contributed by atoms with van der Waals surface area (Å²) in [7, 11) is 0. The van der Waals surface area contributed by atoms with E-state index in [0.29, 0.717) is 6.20 Å². The molecule has 0 atom stereocenters. The van der Waals surface area contributed by atoms with Crippen LogP contribution in [0.5, 0.6) is 11.5 Å². The van der Waals surface area contributed by atoms with Crippen LogP contribution in [0.2, 0.25) is 0 Å². The minimum Gasteiger partial charge on any atom is -0.503 e. The predicted molar refractivity (Wildman–Crippen MR) is 41.4 cm³/mol. The topological polar surface area (TPSA) is 94.4 Å². The van der Waals surface area contributed by atoms with Gasteiger partial charge in [-0.3, -0.25) is 0 Å². The van der Waals surface area contributed by atoms with Gasteiger partial charge in [-0.2, -0.15) is 0 Å². The molecule has 0 aliphatic heterocycles. The molecular weight excluding hydrogens is 203 g/mol. The first-order valence-electron chi connectivity index (χ1n) is 3.30. The molecule has 14 heavy (non-hydrogen) atoms. The smallest absolute Gasteiger partial charge is 0.503 e. The average Bonchev–Trinajstić information content (AvgIpc) is 2.04. The summed E-state index contributed by atoms with van der Waals surface area (Å²) in [5.74, 6) is -1.88. The molecule has 0 spiro atoms. The second kappa shape index (κ2) is 3.13. The lowest BCUT2D eigenvalue weighted by Crippen LogP contribution is -2.18. The Labute approximate surface area is 76.1 Å². The van der Waals surface area contributed by atoms with E-state index >= 15 is 0 Å². The van der Waals surface area contributed by atoms with Gasteiger partial charge in [0.15, 0.2) is 17.3 Å². The Bertz CT molecular complexity index is 353. The van der Waals surface area contributed by atoms with Crippen molar-refractivity contribution in [2.24, 2.45) is 0 Å². The van der Waals surface area contributed by atoms with Crippen molar-refractivity contribution in [2.75, 3.05) is 11.5 Å². The standard InChI is InChI=1S/C6H6F3N3O2/c7-6(8,9)14-2-1-12-5(11)4(13)3(2)10/h1,13H,(H4,10,11,12). The minimum absolute atomic E-state index is 0.364. The average molecular weight is 209 g/mol. The largest absolute Gasteiger partial charge is 0.573 e. The van der Waals surface area contributed by atoms with Crippen molar-refractivity contribution in [1.82, 2.24) is 4.98 Å². The number of ether oxygens (including phenoxy) is 1. The monoisotopic (exact) mass is 209 g/mol. The summed E-state index contributed by atoms with van der Waals surface area (Å²) in [6, 6.07) is 0. The van der Waals surface area contributed by atoms with Gasteiger partial charge in [-0.25, -0.2) is 4.98 Å². The van der Waals surface area contributed by atoms with Crippen LogP contribution < -0.4 is 16.2 Å². The van der Waals surface area contributed by atoms with Crippen molar-refractivity contribution in [3.8, 4) is 11.5 Å². The lowest BCUT2D eigenvalue weighted by Gasteiger charge is -2.11. The SMILES string of the molecule is Nc1ncc(OC(F)(F)F)c(N)c1O. The van der Waals surface area contributed by atoms with Gasteiger partial charge in [-0.05, 0) is 0 Å². The van der Waals surface area contributed by atoms with Crippen molar-refractivity contribution in [3.63, 3.8) is 0 Å². The number of pyridine rings is 1. The van der Waals surface area contributed by atoms with Crippen LogP contribution in [-0.4, -0.2) is 16.5 Å². The summed E-state index contributed by atoms with van der Waals surface area (Å²) in [4.78, 5) is 3.25. The maximum absolute atomic E-state index is 11.7. The van der Waals surface area contributed by atoms with E-state index in [0.717, 1.165) is 0 Å². The minimum atomic E-state index is -4.89. The van der Waals surface area contributed by atoms with Gasteiger partial charge >= 0.3 is 6.36 Å². The first kappa shape index (κ1) is 10.2. The van der Waals surface area contributed by atoms with Gasteiger partial charge in [0.1, 0.15) is 5.69 Å². The Kier molecular flexibility index (Phi) is 2.28. The fourth-order valence-electron chi connectivity index (χ4n) is 0.720. The molecule has 0 aliphatic carbocycles. The van der Waals surface area contributed by atoms with E-state index in [4.69, 9.17) is 16.6 Å². The van der Waals surface area contributed by atoms with E-state index in [1.165, 1.54) is 0 Å². The highest BCUT2D eigenvalue weighted by molar-refractivity contribution is 5.69. The predicted octanol–water partition coefficient (Wildman–Crippen LogP) is 0.850. The summed E-state index contributed by atoms with van der Waals surface area (Å²) in [6.45, 7) is 0. The molecule has 5 N–H and O–H groups in total. The molecule has 0 bridgehead atoms. The van der Waals surface area contributed by atoms with E-state index in [9.17, 15) is 13.2 Å². The number of nitrogen functional groups attached to an aromatic ring is 2. The number of aromatic hydroxyl groups is 1. The fraction of sp³-hybridized carbons (Fsp3) is 0.167. The summed E-state index contributed by atoms with van der Waals surface area (Å²) in [6.07, 6.45) is -4.21. The molecule has 0 aliphatic rings.